The highest BCUT2D eigenvalue weighted by Crippen LogP contribution is 2.23. The molecule has 5 nitrogen and oxygen atoms in total. The Kier molecular flexibility index (Phi) is 4.75. The van der Waals surface area contributed by atoms with Crippen LogP contribution in [0.3, 0.4) is 0 Å². The fraction of sp³-hybridized carbons (Fsp3) is 0.600. The first-order valence-corrected chi connectivity index (χ1v) is 9.43. The van der Waals surface area contributed by atoms with Gasteiger partial charge in [0.1, 0.15) is 0 Å². The van der Waals surface area contributed by atoms with Gasteiger partial charge in [0.05, 0.1) is 19.0 Å². The van der Waals surface area contributed by atoms with Crippen LogP contribution in [0.5, 0.6) is 0 Å². The van der Waals surface area contributed by atoms with Gasteiger partial charge in [0.25, 0.3) is 0 Å². The summed E-state index contributed by atoms with van der Waals surface area (Å²) in [6.45, 7) is 3.13. The molecule has 2 bridgehead atoms. The number of nitrogens with zero attached hydrogens (tertiary/aromatic N) is 2. The van der Waals surface area contributed by atoms with Gasteiger partial charge in [0.2, 0.25) is 10.0 Å². The molecule has 2 heterocycles. The summed E-state index contributed by atoms with van der Waals surface area (Å²) in [5, 5.41) is 0.563. The van der Waals surface area contributed by atoms with Crippen molar-refractivity contribution in [3.8, 4) is 0 Å². The maximum absolute atomic E-state index is 12.8. The van der Waals surface area contributed by atoms with E-state index in [2.05, 4.69) is 4.90 Å². The van der Waals surface area contributed by atoms with Crippen molar-refractivity contribution in [1.29, 1.82) is 0 Å². The van der Waals surface area contributed by atoms with Gasteiger partial charge in [-0.1, -0.05) is 23.7 Å². The van der Waals surface area contributed by atoms with E-state index >= 15 is 0 Å². The van der Waals surface area contributed by atoms with Crippen LogP contribution in [0.15, 0.2) is 24.3 Å². The first kappa shape index (κ1) is 16.2. The first-order chi connectivity index (χ1) is 10.4. The predicted octanol–water partition coefficient (Wildman–Crippen LogP) is 1.43. The van der Waals surface area contributed by atoms with Crippen molar-refractivity contribution in [2.45, 2.75) is 11.8 Å². The molecule has 0 saturated carbocycles. The van der Waals surface area contributed by atoms with Gasteiger partial charge < -0.3 is 4.74 Å². The largest absolute Gasteiger partial charge is 0.379 e. The van der Waals surface area contributed by atoms with E-state index < -0.39 is 10.0 Å². The average Bonchev–Trinajstić information content (AvgIpc) is 2.66. The maximum atomic E-state index is 12.8. The lowest BCUT2D eigenvalue weighted by molar-refractivity contribution is 0.0727. The molecular formula is C15H21ClN2O3S. The molecular weight excluding hydrogens is 324 g/mol. The molecule has 2 saturated heterocycles. The first-order valence-electron chi connectivity index (χ1n) is 7.44. The standard InChI is InChI=1S/C15H21ClN2O3S/c1-17-6-13-7-18(8-15(17)10-21-9-13)22(19,20)11-12-3-2-4-14(16)5-12/h2-5,13,15H,6-11H2,1H3/t13-,15+/m1/s1. The molecule has 0 aliphatic carbocycles. The van der Waals surface area contributed by atoms with E-state index in [-0.39, 0.29) is 17.7 Å². The van der Waals surface area contributed by atoms with Crippen LogP contribution in [0.25, 0.3) is 0 Å². The van der Waals surface area contributed by atoms with E-state index in [0.29, 0.717) is 31.3 Å². The molecule has 0 amide bonds. The molecule has 0 aromatic heterocycles. The molecule has 122 valence electrons. The zero-order chi connectivity index (χ0) is 15.7. The van der Waals surface area contributed by atoms with Gasteiger partial charge >= 0.3 is 0 Å². The number of halogens is 1. The Labute approximate surface area is 136 Å². The van der Waals surface area contributed by atoms with Crippen molar-refractivity contribution in [3.63, 3.8) is 0 Å². The number of rotatable bonds is 3. The van der Waals surface area contributed by atoms with E-state index in [9.17, 15) is 8.42 Å². The molecule has 0 radical (unpaired) electrons. The van der Waals surface area contributed by atoms with E-state index in [1.807, 2.05) is 7.05 Å². The van der Waals surface area contributed by atoms with Gasteiger partial charge in [-0.2, -0.15) is 4.31 Å². The van der Waals surface area contributed by atoms with Gasteiger partial charge in [-0.3, -0.25) is 4.90 Å². The summed E-state index contributed by atoms with van der Waals surface area (Å²) >= 11 is 5.95. The number of hydrogen-bond acceptors (Lipinski definition) is 4. The molecule has 0 unspecified atom stereocenters. The Hall–Kier alpha value is -0.660. The average molecular weight is 345 g/mol. The van der Waals surface area contributed by atoms with Gasteiger partial charge in [-0.15, -0.1) is 0 Å². The van der Waals surface area contributed by atoms with Crippen molar-refractivity contribution in [1.82, 2.24) is 9.21 Å². The van der Waals surface area contributed by atoms with Crippen molar-refractivity contribution >= 4 is 21.6 Å². The third-order valence-electron chi connectivity index (χ3n) is 4.34. The summed E-state index contributed by atoms with van der Waals surface area (Å²) in [5.41, 5.74) is 0.728. The second kappa shape index (κ2) is 6.45. The number of hydrogen-bond donors (Lipinski definition) is 0. The highest BCUT2D eigenvalue weighted by molar-refractivity contribution is 7.88. The number of fused-ring (bicyclic) bond motifs is 3. The quantitative estimate of drug-likeness (QED) is 0.832. The zero-order valence-corrected chi connectivity index (χ0v) is 14.2. The summed E-state index contributed by atoms with van der Waals surface area (Å²) in [4.78, 5) is 2.21. The zero-order valence-electron chi connectivity index (χ0n) is 12.6. The van der Waals surface area contributed by atoms with Crippen LogP contribution >= 0.6 is 11.6 Å². The van der Waals surface area contributed by atoms with E-state index in [1.165, 1.54) is 0 Å². The lowest BCUT2D eigenvalue weighted by atomic mass is 10.1. The van der Waals surface area contributed by atoms with E-state index in [0.717, 1.165) is 12.1 Å². The summed E-state index contributed by atoms with van der Waals surface area (Å²) in [7, 11) is -1.31. The smallest absolute Gasteiger partial charge is 0.218 e. The molecule has 2 fully saturated rings. The Morgan fingerprint density at radius 2 is 2.09 bits per heavy atom. The Morgan fingerprint density at radius 1 is 1.27 bits per heavy atom. The molecule has 7 heteroatoms. The predicted molar refractivity (Wildman–Crippen MR) is 86.4 cm³/mol. The summed E-state index contributed by atoms with van der Waals surface area (Å²) in [6.07, 6.45) is 0. The monoisotopic (exact) mass is 344 g/mol. The SMILES string of the molecule is CN1C[C@H]2COC[C@@H]1CN(S(=O)(=O)Cc1cccc(Cl)c1)C2. The highest BCUT2D eigenvalue weighted by atomic mass is 35.5. The number of benzene rings is 1. The van der Waals surface area contributed by atoms with Gasteiger partial charge in [-0.25, -0.2) is 8.42 Å². The fourth-order valence-corrected chi connectivity index (χ4v) is 5.00. The topological polar surface area (TPSA) is 49.9 Å². The molecule has 22 heavy (non-hydrogen) atoms. The van der Waals surface area contributed by atoms with Crippen molar-refractivity contribution in [2.75, 3.05) is 39.9 Å². The Bertz CT molecular complexity index is 637. The maximum Gasteiger partial charge on any atom is 0.218 e. The molecule has 2 aliphatic rings. The summed E-state index contributed by atoms with van der Waals surface area (Å²) < 4.78 is 32.8. The lowest BCUT2D eigenvalue weighted by Gasteiger charge is -2.29. The molecule has 1 aromatic rings. The van der Waals surface area contributed by atoms with Crippen LogP contribution < -0.4 is 0 Å². The Balaban J connectivity index is 1.80. The Morgan fingerprint density at radius 3 is 2.86 bits per heavy atom. The van der Waals surface area contributed by atoms with Crippen molar-refractivity contribution in [2.24, 2.45) is 5.92 Å². The van der Waals surface area contributed by atoms with Crippen LogP contribution in [-0.4, -0.2) is 63.6 Å². The van der Waals surface area contributed by atoms with Gasteiger partial charge in [0.15, 0.2) is 0 Å². The molecule has 0 N–H and O–H groups in total. The van der Waals surface area contributed by atoms with Crippen LogP contribution in [0.1, 0.15) is 5.56 Å². The molecule has 3 rings (SSSR count). The van der Waals surface area contributed by atoms with Crippen LogP contribution in [0.4, 0.5) is 0 Å². The minimum absolute atomic E-state index is 0.00241. The van der Waals surface area contributed by atoms with Gasteiger partial charge in [-0.05, 0) is 24.7 Å². The lowest BCUT2D eigenvalue weighted by Crippen LogP contribution is -2.45. The normalized spacial score (nSPS) is 27.5. The minimum Gasteiger partial charge on any atom is -0.379 e. The van der Waals surface area contributed by atoms with Crippen molar-refractivity contribution in [3.05, 3.63) is 34.9 Å². The molecule has 1 aromatic carbocycles. The molecule has 0 spiro atoms. The van der Waals surface area contributed by atoms with Crippen LogP contribution in [0, 0.1) is 5.92 Å². The third kappa shape index (κ3) is 3.63. The second-order valence-corrected chi connectivity index (χ2v) is 8.61. The van der Waals surface area contributed by atoms with Crippen molar-refractivity contribution < 1.29 is 13.2 Å². The van der Waals surface area contributed by atoms with Crippen LogP contribution in [-0.2, 0) is 20.5 Å². The summed E-state index contributed by atoms with van der Waals surface area (Å²) in [5.74, 6) is 0.226. The molecule has 2 aliphatic heterocycles. The fourth-order valence-electron chi connectivity index (χ4n) is 3.16. The van der Waals surface area contributed by atoms with E-state index in [4.69, 9.17) is 16.3 Å². The molecule has 2 atom stereocenters. The van der Waals surface area contributed by atoms with E-state index in [1.54, 1.807) is 28.6 Å². The number of sulfonamides is 1. The summed E-state index contributed by atoms with van der Waals surface area (Å²) in [6, 6.07) is 7.18. The second-order valence-electron chi connectivity index (χ2n) is 6.20. The third-order valence-corrected chi connectivity index (χ3v) is 6.36. The van der Waals surface area contributed by atoms with Crippen LogP contribution in [0.2, 0.25) is 5.02 Å². The minimum atomic E-state index is -3.35. The number of ether oxygens (including phenoxy) is 1. The van der Waals surface area contributed by atoms with Gasteiger partial charge in [0, 0.05) is 36.6 Å². The number of likely N-dealkylation sites (N-methyl/N-ethyl adjacent to an activating group) is 1. The highest BCUT2D eigenvalue weighted by Gasteiger charge is 2.36.